The molecule has 0 saturated carbocycles. The lowest BCUT2D eigenvalue weighted by Gasteiger charge is -2.14. The Morgan fingerprint density at radius 3 is 2.40 bits per heavy atom. The highest BCUT2D eigenvalue weighted by Crippen LogP contribution is 1.82. The second-order valence-electron chi connectivity index (χ2n) is 2.55. The molecule has 2 N–H and O–H groups in total. The van der Waals surface area contributed by atoms with Gasteiger partial charge >= 0.3 is 0 Å². The molecule has 0 bridgehead atoms. The third-order valence-electron chi connectivity index (χ3n) is 1.39. The number of hydrogen-bond donors (Lipinski definition) is 2. The SMILES string of the molecule is CNCCCN(C)CNC. The van der Waals surface area contributed by atoms with Crippen molar-refractivity contribution in [1.29, 1.82) is 0 Å². The van der Waals surface area contributed by atoms with E-state index in [1.807, 2.05) is 14.1 Å². The van der Waals surface area contributed by atoms with E-state index in [9.17, 15) is 0 Å². The van der Waals surface area contributed by atoms with Crippen LogP contribution in [0.1, 0.15) is 6.42 Å². The minimum absolute atomic E-state index is 0.976. The van der Waals surface area contributed by atoms with Crippen molar-refractivity contribution in [3.05, 3.63) is 0 Å². The summed E-state index contributed by atoms with van der Waals surface area (Å²) < 4.78 is 0. The van der Waals surface area contributed by atoms with E-state index in [0.29, 0.717) is 0 Å². The van der Waals surface area contributed by atoms with Gasteiger partial charge in [0.2, 0.25) is 0 Å². The van der Waals surface area contributed by atoms with Gasteiger partial charge in [-0.3, -0.25) is 4.90 Å². The molecule has 62 valence electrons. The average molecular weight is 145 g/mol. The van der Waals surface area contributed by atoms with Crippen LogP contribution in [0, 0.1) is 0 Å². The fourth-order valence-corrected chi connectivity index (χ4v) is 0.875. The first-order chi connectivity index (χ1) is 4.81. The van der Waals surface area contributed by atoms with Crippen molar-refractivity contribution in [2.75, 3.05) is 40.9 Å². The van der Waals surface area contributed by atoms with Crippen LogP contribution in [0.15, 0.2) is 0 Å². The molecule has 0 aromatic rings. The second kappa shape index (κ2) is 6.99. The Morgan fingerprint density at radius 1 is 1.20 bits per heavy atom. The number of hydrogen-bond acceptors (Lipinski definition) is 3. The van der Waals surface area contributed by atoms with E-state index in [4.69, 9.17) is 0 Å². The van der Waals surface area contributed by atoms with Crippen LogP contribution >= 0.6 is 0 Å². The highest BCUT2D eigenvalue weighted by molar-refractivity contribution is 4.49. The van der Waals surface area contributed by atoms with Gasteiger partial charge in [0.05, 0.1) is 0 Å². The van der Waals surface area contributed by atoms with Gasteiger partial charge in [-0.25, -0.2) is 0 Å². The molecule has 0 aliphatic carbocycles. The molecule has 10 heavy (non-hydrogen) atoms. The summed E-state index contributed by atoms with van der Waals surface area (Å²) in [6, 6.07) is 0. The summed E-state index contributed by atoms with van der Waals surface area (Å²) in [6.45, 7) is 3.24. The van der Waals surface area contributed by atoms with E-state index in [2.05, 4.69) is 22.6 Å². The number of nitrogens with zero attached hydrogens (tertiary/aromatic N) is 1. The molecule has 0 heterocycles. The first-order valence-electron chi connectivity index (χ1n) is 3.79. The molecule has 3 nitrogen and oxygen atoms in total. The molecule has 0 spiro atoms. The van der Waals surface area contributed by atoms with E-state index in [1.165, 1.54) is 6.42 Å². The lowest BCUT2D eigenvalue weighted by Crippen LogP contribution is -2.30. The van der Waals surface area contributed by atoms with Crippen LogP contribution in [0.2, 0.25) is 0 Å². The molecule has 0 aromatic heterocycles. The zero-order valence-electron chi connectivity index (χ0n) is 7.28. The summed E-state index contributed by atoms with van der Waals surface area (Å²) >= 11 is 0. The Bertz CT molecular complexity index is 65.9. The largest absolute Gasteiger partial charge is 0.320 e. The monoisotopic (exact) mass is 145 g/mol. The van der Waals surface area contributed by atoms with Crippen molar-refractivity contribution in [2.24, 2.45) is 0 Å². The maximum absolute atomic E-state index is 3.12. The minimum Gasteiger partial charge on any atom is -0.320 e. The third-order valence-corrected chi connectivity index (χ3v) is 1.39. The Hall–Kier alpha value is -0.120. The normalized spacial score (nSPS) is 10.8. The van der Waals surface area contributed by atoms with Crippen molar-refractivity contribution >= 4 is 0 Å². The van der Waals surface area contributed by atoms with E-state index in [-0.39, 0.29) is 0 Å². The summed E-state index contributed by atoms with van der Waals surface area (Å²) in [4.78, 5) is 2.26. The Morgan fingerprint density at radius 2 is 1.90 bits per heavy atom. The smallest absolute Gasteiger partial charge is 0.0475 e. The molecule has 0 unspecified atom stereocenters. The predicted molar refractivity (Wildman–Crippen MR) is 45.1 cm³/mol. The highest BCUT2D eigenvalue weighted by atomic mass is 15.2. The fraction of sp³-hybridized carbons (Fsp3) is 1.00. The molecular weight excluding hydrogens is 126 g/mol. The van der Waals surface area contributed by atoms with Crippen LogP contribution in [0.3, 0.4) is 0 Å². The Kier molecular flexibility index (Phi) is 6.91. The third kappa shape index (κ3) is 6.01. The summed E-state index contributed by atoms with van der Waals surface area (Å²) in [5.41, 5.74) is 0. The molecule has 0 rings (SSSR count). The quantitative estimate of drug-likeness (QED) is 0.397. The van der Waals surface area contributed by atoms with E-state index in [0.717, 1.165) is 19.8 Å². The summed E-state index contributed by atoms with van der Waals surface area (Å²) in [7, 11) is 6.07. The van der Waals surface area contributed by atoms with Gasteiger partial charge in [0.15, 0.2) is 0 Å². The van der Waals surface area contributed by atoms with Crippen LogP contribution in [0.25, 0.3) is 0 Å². The first kappa shape index (κ1) is 9.88. The number of nitrogens with one attached hydrogen (secondary N) is 2. The second-order valence-corrected chi connectivity index (χ2v) is 2.55. The molecule has 0 aliphatic heterocycles. The molecule has 3 heteroatoms. The van der Waals surface area contributed by atoms with Crippen molar-refractivity contribution < 1.29 is 0 Å². The highest BCUT2D eigenvalue weighted by Gasteiger charge is 1.92. The van der Waals surface area contributed by atoms with Crippen molar-refractivity contribution in [2.45, 2.75) is 6.42 Å². The molecule has 0 amide bonds. The van der Waals surface area contributed by atoms with Gasteiger partial charge in [0, 0.05) is 13.2 Å². The Labute approximate surface area is 63.8 Å². The lowest BCUT2D eigenvalue weighted by atomic mass is 10.4. The summed E-state index contributed by atoms with van der Waals surface area (Å²) in [5.74, 6) is 0. The predicted octanol–water partition coefficient (Wildman–Crippen LogP) is -0.295. The zero-order chi connectivity index (χ0) is 7.82. The molecule has 0 aromatic carbocycles. The average Bonchev–Trinajstić information content (AvgIpc) is 1.89. The molecule has 0 saturated heterocycles. The van der Waals surface area contributed by atoms with Crippen LogP contribution < -0.4 is 10.6 Å². The van der Waals surface area contributed by atoms with Gasteiger partial charge in [0.1, 0.15) is 0 Å². The van der Waals surface area contributed by atoms with Crippen LogP contribution in [0.4, 0.5) is 0 Å². The first-order valence-corrected chi connectivity index (χ1v) is 3.79. The van der Waals surface area contributed by atoms with Crippen molar-refractivity contribution in [3.8, 4) is 0 Å². The molecule has 0 aliphatic rings. The molecule has 0 fully saturated rings. The van der Waals surface area contributed by atoms with Crippen molar-refractivity contribution in [1.82, 2.24) is 15.5 Å². The Balaban J connectivity index is 2.97. The van der Waals surface area contributed by atoms with Crippen LogP contribution in [-0.2, 0) is 0 Å². The summed E-state index contributed by atoms with van der Waals surface area (Å²) in [5, 5.41) is 6.22. The van der Waals surface area contributed by atoms with E-state index < -0.39 is 0 Å². The van der Waals surface area contributed by atoms with Crippen LogP contribution in [0.5, 0.6) is 0 Å². The molecule has 0 atom stereocenters. The van der Waals surface area contributed by atoms with Gasteiger partial charge in [-0.2, -0.15) is 0 Å². The van der Waals surface area contributed by atoms with Gasteiger partial charge < -0.3 is 10.6 Å². The van der Waals surface area contributed by atoms with Crippen molar-refractivity contribution in [3.63, 3.8) is 0 Å². The lowest BCUT2D eigenvalue weighted by molar-refractivity contribution is 0.312. The van der Waals surface area contributed by atoms with Gasteiger partial charge in [0.25, 0.3) is 0 Å². The maximum Gasteiger partial charge on any atom is 0.0475 e. The van der Waals surface area contributed by atoms with E-state index >= 15 is 0 Å². The maximum atomic E-state index is 3.12. The summed E-state index contributed by atoms with van der Waals surface area (Å²) in [6.07, 6.45) is 1.22. The van der Waals surface area contributed by atoms with Crippen LogP contribution in [-0.4, -0.2) is 45.8 Å². The molecular formula is C7H19N3. The minimum atomic E-state index is 0.976. The van der Waals surface area contributed by atoms with E-state index in [1.54, 1.807) is 0 Å². The zero-order valence-corrected chi connectivity index (χ0v) is 7.28. The topological polar surface area (TPSA) is 27.3 Å². The van der Waals surface area contributed by atoms with Gasteiger partial charge in [-0.1, -0.05) is 0 Å². The molecule has 0 radical (unpaired) electrons. The standard InChI is InChI=1S/C7H19N3/c1-8-5-4-6-10(3)7-9-2/h8-9H,4-7H2,1-3H3. The fourth-order valence-electron chi connectivity index (χ4n) is 0.875. The van der Waals surface area contributed by atoms with Gasteiger partial charge in [-0.15, -0.1) is 0 Å². The van der Waals surface area contributed by atoms with Gasteiger partial charge in [-0.05, 0) is 34.1 Å². The number of rotatable bonds is 6.